The van der Waals surface area contributed by atoms with Gasteiger partial charge >= 0.3 is 0 Å². The van der Waals surface area contributed by atoms with Crippen LogP contribution < -0.4 is 5.32 Å². The number of benzene rings is 1. The molecule has 0 aliphatic heterocycles. The van der Waals surface area contributed by atoms with Gasteiger partial charge in [0.15, 0.2) is 0 Å². The zero-order valence-electron chi connectivity index (χ0n) is 10.2. The van der Waals surface area contributed by atoms with Crippen molar-refractivity contribution in [3.63, 3.8) is 0 Å². The summed E-state index contributed by atoms with van der Waals surface area (Å²) in [6.45, 7) is 4.05. The van der Waals surface area contributed by atoms with Crippen molar-refractivity contribution in [3.05, 3.63) is 57.8 Å². The van der Waals surface area contributed by atoms with Gasteiger partial charge in [-0.15, -0.1) is 0 Å². The number of pyridine rings is 1. The Kier molecular flexibility index (Phi) is 3.23. The van der Waals surface area contributed by atoms with Gasteiger partial charge in [-0.2, -0.15) is 0 Å². The van der Waals surface area contributed by atoms with E-state index < -0.39 is 4.92 Å². The lowest BCUT2D eigenvalue weighted by atomic mass is 10.1. The van der Waals surface area contributed by atoms with E-state index in [2.05, 4.69) is 10.3 Å². The number of aryl methyl sites for hydroxylation is 2. The average molecular weight is 243 g/mol. The molecule has 5 nitrogen and oxygen atoms in total. The van der Waals surface area contributed by atoms with Crippen LogP contribution in [-0.2, 0) is 0 Å². The maximum atomic E-state index is 10.7. The van der Waals surface area contributed by atoms with Crippen molar-refractivity contribution in [2.24, 2.45) is 0 Å². The molecule has 0 saturated carbocycles. The van der Waals surface area contributed by atoms with Crippen LogP contribution in [-0.4, -0.2) is 9.91 Å². The van der Waals surface area contributed by atoms with Gasteiger partial charge in [0.2, 0.25) is 0 Å². The fraction of sp³-hybridized carbons (Fsp3) is 0.154. The van der Waals surface area contributed by atoms with Crippen LogP contribution in [0, 0.1) is 24.0 Å². The minimum absolute atomic E-state index is 0.0244. The van der Waals surface area contributed by atoms with Crippen LogP contribution in [0.3, 0.4) is 0 Å². The Bertz CT molecular complexity index is 597. The molecule has 0 radical (unpaired) electrons. The predicted molar refractivity (Wildman–Crippen MR) is 70.1 cm³/mol. The highest BCUT2D eigenvalue weighted by molar-refractivity contribution is 5.59. The van der Waals surface area contributed by atoms with E-state index in [1.165, 1.54) is 23.9 Å². The highest BCUT2D eigenvalue weighted by Crippen LogP contribution is 2.20. The Morgan fingerprint density at radius 3 is 2.61 bits per heavy atom. The van der Waals surface area contributed by atoms with E-state index in [0.29, 0.717) is 5.82 Å². The maximum absolute atomic E-state index is 10.7. The molecule has 5 heteroatoms. The maximum Gasteiger partial charge on any atom is 0.274 e. The summed E-state index contributed by atoms with van der Waals surface area (Å²) in [5, 5.41) is 13.7. The van der Waals surface area contributed by atoms with Gasteiger partial charge in [-0.3, -0.25) is 10.1 Å². The van der Waals surface area contributed by atoms with Crippen molar-refractivity contribution >= 4 is 17.2 Å². The smallest absolute Gasteiger partial charge is 0.274 e. The first-order valence-corrected chi connectivity index (χ1v) is 5.51. The summed E-state index contributed by atoms with van der Waals surface area (Å²) < 4.78 is 0. The molecular formula is C13H13N3O2. The molecule has 92 valence electrons. The first kappa shape index (κ1) is 12.0. The number of rotatable bonds is 3. The van der Waals surface area contributed by atoms with Gasteiger partial charge in [0.05, 0.1) is 11.0 Å². The molecule has 0 bridgehead atoms. The SMILES string of the molecule is Cc1ccc(Nc2cc([N+](=O)[O-])ccn2)cc1C. The van der Waals surface area contributed by atoms with E-state index in [4.69, 9.17) is 0 Å². The molecule has 1 aromatic carbocycles. The van der Waals surface area contributed by atoms with Crippen molar-refractivity contribution in [2.45, 2.75) is 13.8 Å². The Morgan fingerprint density at radius 1 is 1.17 bits per heavy atom. The summed E-state index contributed by atoms with van der Waals surface area (Å²) in [4.78, 5) is 14.3. The third kappa shape index (κ3) is 2.63. The van der Waals surface area contributed by atoms with Crippen molar-refractivity contribution in [1.29, 1.82) is 0 Å². The second-order valence-corrected chi connectivity index (χ2v) is 4.08. The second-order valence-electron chi connectivity index (χ2n) is 4.08. The number of nitrogens with one attached hydrogen (secondary N) is 1. The lowest BCUT2D eigenvalue weighted by Gasteiger charge is -2.07. The molecule has 0 unspecified atom stereocenters. The molecule has 0 aliphatic rings. The Hall–Kier alpha value is -2.43. The standard InChI is InChI=1S/C13H13N3O2/c1-9-3-4-11(7-10(9)2)15-13-8-12(16(17)18)5-6-14-13/h3-8H,1-2H3,(H,14,15). The first-order chi connectivity index (χ1) is 8.56. The van der Waals surface area contributed by atoms with Crippen LogP contribution in [0.2, 0.25) is 0 Å². The lowest BCUT2D eigenvalue weighted by molar-refractivity contribution is -0.384. The molecule has 18 heavy (non-hydrogen) atoms. The molecule has 2 aromatic rings. The van der Waals surface area contributed by atoms with Crippen LogP contribution in [0.4, 0.5) is 17.2 Å². The summed E-state index contributed by atoms with van der Waals surface area (Å²) >= 11 is 0. The third-order valence-corrected chi connectivity index (χ3v) is 2.73. The molecule has 0 fully saturated rings. The number of anilines is 2. The van der Waals surface area contributed by atoms with Crippen LogP contribution in [0.15, 0.2) is 36.5 Å². The highest BCUT2D eigenvalue weighted by Gasteiger charge is 2.06. The van der Waals surface area contributed by atoms with E-state index in [-0.39, 0.29) is 5.69 Å². The third-order valence-electron chi connectivity index (χ3n) is 2.73. The molecule has 1 aromatic heterocycles. The summed E-state index contributed by atoms with van der Waals surface area (Å²) in [6.07, 6.45) is 1.42. The van der Waals surface area contributed by atoms with Gasteiger partial charge in [-0.05, 0) is 37.1 Å². The van der Waals surface area contributed by atoms with Crippen molar-refractivity contribution in [1.82, 2.24) is 4.98 Å². The lowest BCUT2D eigenvalue weighted by Crippen LogP contribution is -1.96. The van der Waals surface area contributed by atoms with Gasteiger partial charge in [0, 0.05) is 18.0 Å². The molecule has 0 amide bonds. The molecule has 0 saturated heterocycles. The second kappa shape index (κ2) is 4.83. The molecule has 2 rings (SSSR count). The molecule has 0 aliphatic carbocycles. The van der Waals surface area contributed by atoms with E-state index >= 15 is 0 Å². The summed E-state index contributed by atoms with van der Waals surface area (Å²) in [6, 6.07) is 8.68. The van der Waals surface area contributed by atoms with Gasteiger partial charge < -0.3 is 5.32 Å². The van der Waals surface area contributed by atoms with E-state index in [0.717, 1.165) is 11.3 Å². The first-order valence-electron chi connectivity index (χ1n) is 5.51. The molecular weight excluding hydrogens is 230 g/mol. The van der Waals surface area contributed by atoms with E-state index in [9.17, 15) is 10.1 Å². The normalized spacial score (nSPS) is 10.1. The number of nitro groups is 1. The highest BCUT2D eigenvalue weighted by atomic mass is 16.6. The van der Waals surface area contributed by atoms with Gasteiger partial charge in [-0.1, -0.05) is 6.07 Å². The molecule has 0 spiro atoms. The Labute approximate surface area is 105 Å². The van der Waals surface area contributed by atoms with E-state index in [1.54, 1.807) is 0 Å². The largest absolute Gasteiger partial charge is 0.340 e. The minimum Gasteiger partial charge on any atom is -0.340 e. The minimum atomic E-state index is -0.437. The zero-order chi connectivity index (χ0) is 13.1. The van der Waals surface area contributed by atoms with Gasteiger partial charge in [0.25, 0.3) is 5.69 Å². The Morgan fingerprint density at radius 2 is 1.94 bits per heavy atom. The van der Waals surface area contributed by atoms with Crippen LogP contribution >= 0.6 is 0 Å². The van der Waals surface area contributed by atoms with Crippen LogP contribution in [0.1, 0.15) is 11.1 Å². The Balaban J connectivity index is 2.25. The van der Waals surface area contributed by atoms with Crippen LogP contribution in [0.25, 0.3) is 0 Å². The average Bonchev–Trinajstić information content (AvgIpc) is 2.34. The molecule has 0 atom stereocenters. The van der Waals surface area contributed by atoms with Gasteiger partial charge in [-0.25, -0.2) is 4.98 Å². The quantitative estimate of drug-likeness (QED) is 0.663. The predicted octanol–water partition coefficient (Wildman–Crippen LogP) is 3.35. The van der Waals surface area contributed by atoms with E-state index in [1.807, 2.05) is 32.0 Å². The van der Waals surface area contributed by atoms with Crippen molar-refractivity contribution < 1.29 is 4.92 Å². The topological polar surface area (TPSA) is 68.1 Å². The number of nitrogens with zero attached hydrogens (tertiary/aromatic N) is 2. The molecule has 1 N–H and O–H groups in total. The number of aromatic nitrogens is 1. The van der Waals surface area contributed by atoms with Crippen LogP contribution in [0.5, 0.6) is 0 Å². The summed E-state index contributed by atoms with van der Waals surface area (Å²) in [7, 11) is 0. The fourth-order valence-corrected chi connectivity index (χ4v) is 1.57. The molecule has 1 heterocycles. The monoisotopic (exact) mass is 243 g/mol. The van der Waals surface area contributed by atoms with Crippen molar-refractivity contribution in [3.8, 4) is 0 Å². The summed E-state index contributed by atoms with van der Waals surface area (Å²) in [5.74, 6) is 0.465. The van der Waals surface area contributed by atoms with Gasteiger partial charge in [0.1, 0.15) is 5.82 Å². The number of hydrogen-bond donors (Lipinski definition) is 1. The fourth-order valence-electron chi connectivity index (χ4n) is 1.57. The zero-order valence-corrected chi connectivity index (χ0v) is 10.2. The summed E-state index contributed by atoms with van der Waals surface area (Å²) in [5.41, 5.74) is 3.25. The van der Waals surface area contributed by atoms with Crippen molar-refractivity contribution in [2.75, 3.05) is 5.32 Å². The number of hydrogen-bond acceptors (Lipinski definition) is 4.